The average molecular weight is 170 g/mol. The summed E-state index contributed by atoms with van der Waals surface area (Å²) in [6.07, 6.45) is 3.92. The second-order valence-corrected chi connectivity index (χ2v) is 3.62. The number of primary amides is 1. The first-order chi connectivity index (χ1) is 5.72. The van der Waals surface area contributed by atoms with Gasteiger partial charge in [0, 0.05) is 12.5 Å². The van der Waals surface area contributed by atoms with Gasteiger partial charge in [0.25, 0.3) is 0 Å². The van der Waals surface area contributed by atoms with Crippen LogP contribution in [-0.4, -0.2) is 18.5 Å². The topological polar surface area (TPSA) is 55.1 Å². The van der Waals surface area contributed by atoms with Gasteiger partial charge in [0.05, 0.1) is 0 Å². The van der Waals surface area contributed by atoms with E-state index in [1.165, 1.54) is 0 Å². The minimum Gasteiger partial charge on any atom is -0.370 e. The number of hydrogen-bond donors (Lipinski definition) is 2. The highest BCUT2D eigenvalue weighted by molar-refractivity contribution is 5.73. The molecule has 1 rings (SSSR count). The zero-order valence-electron chi connectivity index (χ0n) is 7.68. The van der Waals surface area contributed by atoms with Crippen molar-refractivity contribution >= 4 is 5.91 Å². The van der Waals surface area contributed by atoms with Crippen molar-refractivity contribution in [2.24, 2.45) is 11.7 Å². The zero-order chi connectivity index (χ0) is 8.97. The van der Waals surface area contributed by atoms with Gasteiger partial charge >= 0.3 is 0 Å². The molecule has 3 nitrogen and oxygen atoms in total. The molecule has 2 unspecified atom stereocenters. The average Bonchev–Trinajstić information content (AvgIpc) is 2.03. The highest BCUT2D eigenvalue weighted by Gasteiger charge is 2.21. The molecular weight excluding hydrogens is 152 g/mol. The van der Waals surface area contributed by atoms with Gasteiger partial charge in [-0.05, 0) is 31.7 Å². The predicted molar refractivity (Wildman–Crippen MR) is 48.6 cm³/mol. The molecule has 1 amide bonds. The molecule has 12 heavy (non-hydrogen) atoms. The molecule has 1 heterocycles. The van der Waals surface area contributed by atoms with Crippen LogP contribution in [0.1, 0.15) is 32.6 Å². The van der Waals surface area contributed by atoms with Crippen molar-refractivity contribution in [3.05, 3.63) is 0 Å². The molecule has 70 valence electrons. The normalized spacial score (nSPS) is 30.1. The molecule has 2 atom stereocenters. The number of amides is 1. The number of nitrogens with two attached hydrogens (primary N) is 1. The maximum atomic E-state index is 10.7. The summed E-state index contributed by atoms with van der Waals surface area (Å²) in [6.45, 7) is 3.21. The fourth-order valence-corrected chi connectivity index (χ4v) is 1.88. The Labute approximate surface area is 73.7 Å². The van der Waals surface area contributed by atoms with Crippen LogP contribution in [-0.2, 0) is 4.79 Å². The van der Waals surface area contributed by atoms with Crippen molar-refractivity contribution in [2.75, 3.05) is 6.54 Å². The maximum absolute atomic E-state index is 10.7. The first kappa shape index (κ1) is 9.52. The van der Waals surface area contributed by atoms with Gasteiger partial charge < -0.3 is 11.1 Å². The zero-order valence-corrected chi connectivity index (χ0v) is 7.68. The molecule has 3 N–H and O–H groups in total. The minimum atomic E-state index is -0.156. The summed E-state index contributed by atoms with van der Waals surface area (Å²) < 4.78 is 0. The number of carbonyl (C=O) groups is 1. The Hall–Kier alpha value is -0.570. The Morgan fingerprint density at radius 2 is 2.42 bits per heavy atom. The number of piperidine rings is 1. The van der Waals surface area contributed by atoms with Crippen LogP contribution in [0.3, 0.4) is 0 Å². The Balaban J connectivity index is 2.30. The fraction of sp³-hybridized carbons (Fsp3) is 0.889. The fourth-order valence-electron chi connectivity index (χ4n) is 1.88. The van der Waals surface area contributed by atoms with Crippen LogP contribution in [0.25, 0.3) is 0 Å². The molecule has 3 heteroatoms. The van der Waals surface area contributed by atoms with Gasteiger partial charge in [0.15, 0.2) is 0 Å². The molecule has 0 aromatic heterocycles. The molecule has 1 fully saturated rings. The molecule has 0 aromatic carbocycles. The van der Waals surface area contributed by atoms with Crippen molar-refractivity contribution in [3.63, 3.8) is 0 Å². The van der Waals surface area contributed by atoms with Crippen molar-refractivity contribution in [1.82, 2.24) is 5.32 Å². The smallest absolute Gasteiger partial charge is 0.217 e. The van der Waals surface area contributed by atoms with Gasteiger partial charge in [-0.15, -0.1) is 0 Å². The van der Waals surface area contributed by atoms with Crippen LogP contribution in [0.5, 0.6) is 0 Å². The summed E-state index contributed by atoms with van der Waals surface area (Å²) in [7, 11) is 0. The molecule has 0 aliphatic carbocycles. The summed E-state index contributed by atoms with van der Waals surface area (Å²) in [6, 6.07) is 0.600. The number of nitrogens with one attached hydrogen (secondary N) is 1. The minimum absolute atomic E-state index is 0.156. The van der Waals surface area contributed by atoms with E-state index in [9.17, 15) is 4.79 Å². The maximum Gasteiger partial charge on any atom is 0.217 e. The third-order valence-electron chi connectivity index (χ3n) is 2.59. The summed E-state index contributed by atoms with van der Waals surface area (Å²) in [5.74, 6) is 0.366. The molecule has 1 aliphatic heterocycles. The molecule has 0 bridgehead atoms. The van der Waals surface area contributed by atoms with E-state index in [0.717, 1.165) is 25.8 Å². The molecule has 1 saturated heterocycles. The number of carbonyl (C=O) groups excluding carboxylic acids is 1. The number of hydrogen-bond acceptors (Lipinski definition) is 2. The Bertz CT molecular complexity index is 159. The Kier molecular flexibility index (Phi) is 3.53. The van der Waals surface area contributed by atoms with Crippen molar-refractivity contribution in [2.45, 2.75) is 38.6 Å². The molecule has 0 spiro atoms. The third-order valence-corrected chi connectivity index (χ3v) is 2.59. The first-order valence-corrected chi connectivity index (χ1v) is 4.74. The monoisotopic (exact) mass is 170 g/mol. The van der Waals surface area contributed by atoms with Crippen LogP contribution < -0.4 is 11.1 Å². The van der Waals surface area contributed by atoms with Gasteiger partial charge in [-0.1, -0.05) is 6.92 Å². The van der Waals surface area contributed by atoms with Gasteiger partial charge in [-0.2, -0.15) is 0 Å². The van der Waals surface area contributed by atoms with Crippen molar-refractivity contribution in [1.29, 1.82) is 0 Å². The summed E-state index contributed by atoms with van der Waals surface area (Å²) >= 11 is 0. The quantitative estimate of drug-likeness (QED) is 0.653. The first-order valence-electron chi connectivity index (χ1n) is 4.74. The van der Waals surface area contributed by atoms with Crippen LogP contribution >= 0.6 is 0 Å². The van der Waals surface area contributed by atoms with E-state index >= 15 is 0 Å². The van der Waals surface area contributed by atoms with Crippen LogP contribution in [0, 0.1) is 5.92 Å². The van der Waals surface area contributed by atoms with E-state index in [4.69, 9.17) is 5.73 Å². The largest absolute Gasteiger partial charge is 0.370 e. The second-order valence-electron chi connectivity index (χ2n) is 3.62. The van der Waals surface area contributed by atoms with E-state index in [1.54, 1.807) is 0 Å². The lowest BCUT2D eigenvalue weighted by Crippen LogP contribution is -2.38. The third kappa shape index (κ3) is 2.81. The summed E-state index contributed by atoms with van der Waals surface area (Å²) in [5.41, 5.74) is 5.15. The highest BCUT2D eigenvalue weighted by Crippen LogP contribution is 2.20. The predicted octanol–water partition coefficient (Wildman–Crippen LogP) is 0.640. The molecular formula is C9H18N2O. The van der Waals surface area contributed by atoms with Gasteiger partial charge in [-0.25, -0.2) is 0 Å². The van der Waals surface area contributed by atoms with E-state index < -0.39 is 0 Å². The Morgan fingerprint density at radius 3 is 3.00 bits per heavy atom. The van der Waals surface area contributed by atoms with Gasteiger partial charge in [0.1, 0.15) is 0 Å². The van der Waals surface area contributed by atoms with Crippen LogP contribution in [0.4, 0.5) is 0 Å². The highest BCUT2D eigenvalue weighted by atomic mass is 16.1. The number of rotatable bonds is 3. The molecule has 1 aliphatic rings. The lowest BCUT2D eigenvalue weighted by atomic mass is 9.89. The van der Waals surface area contributed by atoms with Crippen molar-refractivity contribution in [3.8, 4) is 0 Å². The van der Waals surface area contributed by atoms with Crippen LogP contribution in [0.15, 0.2) is 0 Å². The lowest BCUT2D eigenvalue weighted by molar-refractivity contribution is -0.119. The van der Waals surface area contributed by atoms with E-state index in [-0.39, 0.29) is 5.91 Å². The van der Waals surface area contributed by atoms with Crippen LogP contribution in [0.2, 0.25) is 0 Å². The summed E-state index contributed by atoms with van der Waals surface area (Å²) in [5, 5.41) is 3.42. The molecule has 0 aromatic rings. The van der Waals surface area contributed by atoms with Crippen molar-refractivity contribution < 1.29 is 4.79 Å². The van der Waals surface area contributed by atoms with E-state index in [1.807, 2.05) is 0 Å². The second kappa shape index (κ2) is 4.45. The van der Waals surface area contributed by atoms with E-state index in [2.05, 4.69) is 12.2 Å². The molecule has 0 saturated carbocycles. The molecule has 0 radical (unpaired) electrons. The standard InChI is InChI=1S/C9H18N2O/c1-2-8-5-7(3-4-11-8)6-9(10)12/h7-8,11H,2-6H2,1H3,(H2,10,12). The summed E-state index contributed by atoms with van der Waals surface area (Å²) in [4.78, 5) is 10.7. The van der Waals surface area contributed by atoms with Gasteiger partial charge in [-0.3, -0.25) is 4.79 Å². The SMILES string of the molecule is CCC1CC(CC(N)=O)CCN1. The Morgan fingerprint density at radius 1 is 1.67 bits per heavy atom. The van der Waals surface area contributed by atoms with E-state index in [0.29, 0.717) is 18.4 Å². The lowest BCUT2D eigenvalue weighted by Gasteiger charge is -2.28. The van der Waals surface area contributed by atoms with Gasteiger partial charge in [0.2, 0.25) is 5.91 Å².